The number of anilines is 1. The maximum Gasteiger partial charge on any atom is 0.244 e. The number of benzene rings is 1. The van der Waals surface area contributed by atoms with E-state index in [0.29, 0.717) is 5.69 Å². The molecular formula is C12H14N2OS. The number of nitrogens with zero attached hydrogens (tertiary/aromatic N) is 1. The second kappa shape index (κ2) is 5.04. The Morgan fingerprint density at radius 3 is 2.38 bits per heavy atom. The fourth-order valence-electron chi connectivity index (χ4n) is 1.01. The van der Waals surface area contributed by atoms with Gasteiger partial charge in [0.25, 0.3) is 0 Å². The van der Waals surface area contributed by atoms with Gasteiger partial charge in [0.05, 0.1) is 6.07 Å². The SMILES string of the molecule is CSc1ccc(NC(=O)C(C)(C)C#N)cc1. The molecule has 1 aromatic rings. The van der Waals surface area contributed by atoms with Crippen LogP contribution in [0.2, 0.25) is 0 Å². The van der Waals surface area contributed by atoms with E-state index < -0.39 is 5.41 Å². The third-order valence-corrected chi connectivity index (χ3v) is 2.94. The lowest BCUT2D eigenvalue weighted by Crippen LogP contribution is -2.29. The fraction of sp³-hybridized carbons (Fsp3) is 0.333. The van der Waals surface area contributed by atoms with Gasteiger partial charge in [-0.25, -0.2) is 0 Å². The van der Waals surface area contributed by atoms with Gasteiger partial charge in [0.15, 0.2) is 0 Å². The number of nitriles is 1. The lowest BCUT2D eigenvalue weighted by molar-refractivity contribution is -0.121. The third-order valence-electron chi connectivity index (χ3n) is 2.20. The highest BCUT2D eigenvalue weighted by Gasteiger charge is 2.27. The van der Waals surface area contributed by atoms with Gasteiger partial charge in [0.1, 0.15) is 5.41 Å². The van der Waals surface area contributed by atoms with Crippen molar-refractivity contribution in [3.63, 3.8) is 0 Å². The molecule has 0 unspecified atom stereocenters. The average Bonchev–Trinajstić information content (AvgIpc) is 2.30. The summed E-state index contributed by atoms with van der Waals surface area (Å²) in [5, 5.41) is 11.5. The summed E-state index contributed by atoms with van der Waals surface area (Å²) in [6.45, 7) is 3.19. The maximum absolute atomic E-state index is 11.7. The van der Waals surface area contributed by atoms with Gasteiger partial charge >= 0.3 is 0 Å². The molecule has 16 heavy (non-hydrogen) atoms. The minimum absolute atomic E-state index is 0.285. The van der Waals surface area contributed by atoms with Crippen LogP contribution in [0.5, 0.6) is 0 Å². The Balaban J connectivity index is 2.75. The van der Waals surface area contributed by atoms with Crippen LogP contribution in [0.4, 0.5) is 5.69 Å². The second-order valence-corrected chi connectivity index (χ2v) is 4.80. The molecular weight excluding hydrogens is 220 g/mol. The molecule has 1 rings (SSSR count). The van der Waals surface area contributed by atoms with Crippen molar-refractivity contribution < 1.29 is 4.79 Å². The predicted molar refractivity (Wildman–Crippen MR) is 66.2 cm³/mol. The Labute approximate surface area is 99.8 Å². The Kier molecular flexibility index (Phi) is 3.97. The van der Waals surface area contributed by atoms with Gasteiger partial charge in [0, 0.05) is 10.6 Å². The summed E-state index contributed by atoms with van der Waals surface area (Å²) in [5.74, 6) is -0.285. The maximum atomic E-state index is 11.7. The fourth-order valence-corrected chi connectivity index (χ4v) is 1.42. The highest BCUT2D eigenvalue weighted by Crippen LogP contribution is 2.20. The van der Waals surface area contributed by atoms with E-state index in [-0.39, 0.29) is 5.91 Å². The predicted octanol–water partition coefficient (Wildman–Crippen LogP) is 2.90. The van der Waals surface area contributed by atoms with Crippen LogP contribution in [0, 0.1) is 16.7 Å². The molecule has 0 heterocycles. The van der Waals surface area contributed by atoms with Crippen molar-refractivity contribution in [2.75, 3.05) is 11.6 Å². The molecule has 0 saturated carbocycles. The lowest BCUT2D eigenvalue weighted by atomic mass is 9.95. The first kappa shape index (κ1) is 12.6. The average molecular weight is 234 g/mol. The normalized spacial score (nSPS) is 10.6. The molecule has 4 heteroatoms. The first-order valence-electron chi connectivity index (χ1n) is 4.86. The van der Waals surface area contributed by atoms with Crippen molar-refractivity contribution in [3.05, 3.63) is 24.3 Å². The van der Waals surface area contributed by atoms with Crippen molar-refractivity contribution >= 4 is 23.4 Å². The molecule has 3 nitrogen and oxygen atoms in total. The van der Waals surface area contributed by atoms with Crippen molar-refractivity contribution in [1.82, 2.24) is 0 Å². The molecule has 0 aromatic heterocycles. The number of thioether (sulfide) groups is 1. The van der Waals surface area contributed by atoms with Crippen LogP contribution >= 0.6 is 11.8 Å². The molecule has 0 aliphatic heterocycles. The molecule has 1 amide bonds. The van der Waals surface area contributed by atoms with Crippen LogP contribution in [0.15, 0.2) is 29.2 Å². The van der Waals surface area contributed by atoms with Crippen LogP contribution in [0.1, 0.15) is 13.8 Å². The summed E-state index contributed by atoms with van der Waals surface area (Å²) in [7, 11) is 0. The largest absolute Gasteiger partial charge is 0.325 e. The molecule has 1 N–H and O–H groups in total. The van der Waals surface area contributed by atoms with Gasteiger partial charge in [-0.15, -0.1) is 11.8 Å². The van der Waals surface area contributed by atoms with E-state index in [1.165, 1.54) is 0 Å². The number of hydrogen-bond donors (Lipinski definition) is 1. The third kappa shape index (κ3) is 3.01. The first-order chi connectivity index (χ1) is 7.49. The van der Waals surface area contributed by atoms with E-state index in [0.717, 1.165) is 4.90 Å². The summed E-state index contributed by atoms with van der Waals surface area (Å²) in [6.07, 6.45) is 1.99. The zero-order valence-corrected chi connectivity index (χ0v) is 10.4. The van der Waals surface area contributed by atoms with Gasteiger partial charge in [-0.3, -0.25) is 4.79 Å². The van der Waals surface area contributed by atoms with Crippen molar-refractivity contribution in [3.8, 4) is 6.07 Å². The van der Waals surface area contributed by atoms with E-state index in [1.807, 2.05) is 36.6 Å². The van der Waals surface area contributed by atoms with Crippen LogP contribution in [-0.4, -0.2) is 12.2 Å². The van der Waals surface area contributed by atoms with Crippen LogP contribution in [0.25, 0.3) is 0 Å². The molecule has 0 radical (unpaired) electrons. The highest BCUT2D eigenvalue weighted by molar-refractivity contribution is 7.98. The number of rotatable bonds is 3. The van der Waals surface area contributed by atoms with Gasteiger partial charge < -0.3 is 5.32 Å². The summed E-state index contributed by atoms with van der Waals surface area (Å²) < 4.78 is 0. The Morgan fingerprint density at radius 2 is 1.94 bits per heavy atom. The summed E-state index contributed by atoms with van der Waals surface area (Å²) in [4.78, 5) is 12.8. The van der Waals surface area contributed by atoms with Gasteiger partial charge in [0.2, 0.25) is 5.91 Å². The lowest BCUT2D eigenvalue weighted by Gasteiger charge is -2.14. The molecule has 0 saturated heterocycles. The topological polar surface area (TPSA) is 52.9 Å². The number of nitrogens with one attached hydrogen (secondary N) is 1. The van der Waals surface area contributed by atoms with E-state index in [9.17, 15) is 4.79 Å². The first-order valence-corrected chi connectivity index (χ1v) is 6.09. The van der Waals surface area contributed by atoms with Gasteiger partial charge in [-0.2, -0.15) is 5.26 Å². The van der Waals surface area contributed by atoms with Gasteiger partial charge in [-0.05, 0) is 44.4 Å². The smallest absolute Gasteiger partial charge is 0.244 e. The Bertz CT molecular complexity index is 418. The van der Waals surface area contributed by atoms with E-state index in [1.54, 1.807) is 25.6 Å². The van der Waals surface area contributed by atoms with Crippen LogP contribution < -0.4 is 5.32 Å². The number of carbonyl (C=O) groups excluding carboxylic acids is 1. The summed E-state index contributed by atoms with van der Waals surface area (Å²) >= 11 is 1.64. The van der Waals surface area contributed by atoms with Gasteiger partial charge in [-0.1, -0.05) is 0 Å². The Hall–Kier alpha value is -1.47. The van der Waals surface area contributed by atoms with Crippen molar-refractivity contribution in [2.45, 2.75) is 18.7 Å². The molecule has 0 bridgehead atoms. The van der Waals surface area contributed by atoms with Crippen molar-refractivity contribution in [1.29, 1.82) is 5.26 Å². The summed E-state index contributed by atoms with van der Waals surface area (Å²) in [5.41, 5.74) is -0.288. The number of hydrogen-bond acceptors (Lipinski definition) is 3. The number of carbonyl (C=O) groups is 1. The van der Waals surface area contributed by atoms with Crippen molar-refractivity contribution in [2.24, 2.45) is 5.41 Å². The molecule has 0 aliphatic rings. The zero-order chi connectivity index (χ0) is 12.2. The minimum Gasteiger partial charge on any atom is -0.325 e. The van der Waals surface area contributed by atoms with Crippen LogP contribution in [0.3, 0.4) is 0 Å². The molecule has 0 aliphatic carbocycles. The standard InChI is InChI=1S/C12H14N2OS/c1-12(2,8-13)11(15)14-9-4-6-10(16-3)7-5-9/h4-7H,1-3H3,(H,14,15). The number of amides is 1. The zero-order valence-electron chi connectivity index (χ0n) is 9.57. The second-order valence-electron chi connectivity index (χ2n) is 3.92. The van der Waals surface area contributed by atoms with E-state index >= 15 is 0 Å². The summed E-state index contributed by atoms with van der Waals surface area (Å²) in [6, 6.07) is 9.49. The quantitative estimate of drug-likeness (QED) is 0.818. The Morgan fingerprint density at radius 1 is 1.38 bits per heavy atom. The molecule has 84 valence electrons. The minimum atomic E-state index is -1.00. The molecule has 1 aromatic carbocycles. The monoisotopic (exact) mass is 234 g/mol. The van der Waals surface area contributed by atoms with Crippen LogP contribution in [-0.2, 0) is 4.79 Å². The van der Waals surface area contributed by atoms with E-state index in [2.05, 4.69) is 5.32 Å². The van der Waals surface area contributed by atoms with E-state index in [4.69, 9.17) is 5.26 Å². The molecule has 0 atom stereocenters. The molecule has 0 spiro atoms. The molecule has 0 fully saturated rings. The highest BCUT2D eigenvalue weighted by atomic mass is 32.2.